The molecule has 8 nitrogen and oxygen atoms in total. The minimum absolute atomic E-state index is 0.00433. The van der Waals surface area contributed by atoms with Gasteiger partial charge < -0.3 is 25.5 Å². The number of thiophene rings is 1. The third kappa shape index (κ3) is 6.85. The third-order valence-corrected chi connectivity index (χ3v) is 5.08. The van der Waals surface area contributed by atoms with Gasteiger partial charge in [0.25, 0.3) is 0 Å². The molecule has 2 rings (SSSR count). The number of aliphatic hydroxyl groups is 1. The van der Waals surface area contributed by atoms with Gasteiger partial charge in [0.2, 0.25) is 0 Å². The summed E-state index contributed by atoms with van der Waals surface area (Å²) in [7, 11) is 0. The van der Waals surface area contributed by atoms with Crippen LogP contribution in [0, 0.1) is 5.92 Å². The molecule has 0 saturated heterocycles. The summed E-state index contributed by atoms with van der Waals surface area (Å²) >= 11 is 1.59. The van der Waals surface area contributed by atoms with E-state index >= 15 is 0 Å². The van der Waals surface area contributed by atoms with Gasteiger partial charge >= 0.3 is 18.0 Å². The number of hydrogen-bond acceptors (Lipinski definition) is 5. The van der Waals surface area contributed by atoms with Crippen molar-refractivity contribution in [3.8, 4) is 11.1 Å². The maximum atomic E-state index is 12.6. The van der Waals surface area contributed by atoms with Crippen molar-refractivity contribution in [2.75, 3.05) is 13.1 Å². The summed E-state index contributed by atoms with van der Waals surface area (Å²) in [5.74, 6) is -2.64. The number of benzene rings is 1. The number of carbonyl (C=O) groups excluding carboxylic acids is 1. The zero-order chi connectivity index (χ0) is 22.3. The van der Waals surface area contributed by atoms with E-state index in [2.05, 4.69) is 5.32 Å². The average molecular weight is 435 g/mol. The number of amides is 2. The van der Waals surface area contributed by atoms with E-state index in [-0.39, 0.29) is 18.9 Å². The highest BCUT2D eigenvalue weighted by Gasteiger charge is 2.27. The van der Waals surface area contributed by atoms with Gasteiger partial charge in [-0.3, -0.25) is 0 Å². The molecule has 1 unspecified atom stereocenters. The number of urea groups is 1. The second kappa shape index (κ2) is 10.7. The first-order valence-corrected chi connectivity index (χ1v) is 10.4. The summed E-state index contributed by atoms with van der Waals surface area (Å²) in [6.45, 7) is 3.41. The Bertz CT molecular complexity index is 851. The molecule has 0 saturated carbocycles. The molecular weight excluding hydrogens is 408 g/mol. The zero-order valence-electron chi connectivity index (χ0n) is 16.8. The predicted octanol–water partition coefficient (Wildman–Crippen LogP) is 2.52. The van der Waals surface area contributed by atoms with Crippen molar-refractivity contribution >= 4 is 29.3 Å². The summed E-state index contributed by atoms with van der Waals surface area (Å²) in [6.07, 6.45) is -1.68. The number of aliphatic hydroxyl groups excluding tert-OH is 1. The number of carbonyl (C=O) groups is 3. The maximum absolute atomic E-state index is 12.6. The second-order valence-corrected chi connectivity index (χ2v) is 8.19. The van der Waals surface area contributed by atoms with Crippen molar-refractivity contribution in [2.45, 2.75) is 32.4 Å². The Morgan fingerprint density at radius 1 is 1.00 bits per heavy atom. The molecule has 0 spiro atoms. The lowest BCUT2D eigenvalue weighted by molar-refractivity contribution is -0.147. The van der Waals surface area contributed by atoms with Gasteiger partial charge in [-0.25, -0.2) is 14.4 Å². The molecule has 0 fully saturated rings. The Kier molecular flexibility index (Phi) is 8.37. The number of aliphatic carboxylic acids is 2. The normalized spacial score (nSPS) is 12.9. The Morgan fingerprint density at radius 3 is 2.17 bits per heavy atom. The van der Waals surface area contributed by atoms with Crippen LogP contribution in [-0.2, 0) is 16.0 Å². The topological polar surface area (TPSA) is 127 Å². The number of rotatable bonds is 10. The second-order valence-electron chi connectivity index (χ2n) is 7.41. The number of carboxylic acid groups (broad SMARTS) is 2. The van der Waals surface area contributed by atoms with Crippen LogP contribution in [-0.4, -0.2) is 63.4 Å². The van der Waals surface area contributed by atoms with E-state index in [4.69, 9.17) is 5.11 Å². The summed E-state index contributed by atoms with van der Waals surface area (Å²) in [4.78, 5) is 36.3. The Balaban J connectivity index is 2.08. The molecule has 0 radical (unpaired) electrons. The van der Waals surface area contributed by atoms with E-state index < -0.39 is 36.7 Å². The molecule has 0 aliphatic rings. The Hall–Kier alpha value is -2.91. The van der Waals surface area contributed by atoms with Gasteiger partial charge in [0.05, 0.1) is 6.54 Å². The number of hydrogen-bond donors (Lipinski definition) is 4. The summed E-state index contributed by atoms with van der Waals surface area (Å²) < 4.78 is 0. The Labute approximate surface area is 178 Å². The molecule has 1 aromatic heterocycles. The summed E-state index contributed by atoms with van der Waals surface area (Å²) in [5, 5.41) is 34.5. The van der Waals surface area contributed by atoms with Crippen LogP contribution in [0.3, 0.4) is 0 Å². The molecule has 30 heavy (non-hydrogen) atoms. The molecule has 1 aromatic carbocycles. The SMILES string of the molecule is CC(C)CN(CC(O)C(=O)O)C(=O)N[C@@H](Cc1ccc(-c2ccsc2)cc1)C(=O)O. The van der Waals surface area contributed by atoms with Gasteiger partial charge in [-0.2, -0.15) is 11.3 Å². The zero-order valence-corrected chi connectivity index (χ0v) is 17.6. The highest BCUT2D eigenvalue weighted by atomic mass is 32.1. The van der Waals surface area contributed by atoms with Gasteiger partial charge in [0, 0.05) is 13.0 Å². The number of nitrogens with one attached hydrogen (secondary N) is 1. The van der Waals surface area contributed by atoms with Gasteiger partial charge in [-0.15, -0.1) is 0 Å². The lowest BCUT2D eigenvalue weighted by atomic mass is 10.0. The van der Waals surface area contributed by atoms with Crippen LogP contribution in [0.25, 0.3) is 11.1 Å². The van der Waals surface area contributed by atoms with E-state index in [0.717, 1.165) is 21.6 Å². The van der Waals surface area contributed by atoms with Crippen molar-refractivity contribution in [3.05, 3.63) is 46.7 Å². The average Bonchev–Trinajstić information content (AvgIpc) is 3.21. The van der Waals surface area contributed by atoms with Crippen molar-refractivity contribution in [3.63, 3.8) is 0 Å². The quantitative estimate of drug-likeness (QED) is 0.455. The van der Waals surface area contributed by atoms with Crippen LogP contribution >= 0.6 is 11.3 Å². The standard InChI is InChI=1S/C21H26N2O6S/c1-13(2)10-23(11-18(24)20(27)28)21(29)22-17(19(25)26)9-14-3-5-15(6-4-14)16-7-8-30-12-16/h3-8,12-13,17-18,24H,9-11H2,1-2H3,(H,22,29)(H,25,26)(H,27,28)/t17-,18?/m0/s1. The van der Waals surface area contributed by atoms with E-state index in [1.165, 1.54) is 0 Å². The van der Waals surface area contributed by atoms with Gasteiger partial charge in [0.1, 0.15) is 6.04 Å². The molecule has 162 valence electrons. The van der Waals surface area contributed by atoms with Crippen LogP contribution in [0.5, 0.6) is 0 Å². The minimum atomic E-state index is -1.75. The van der Waals surface area contributed by atoms with Crippen molar-refractivity contribution < 1.29 is 29.7 Å². The smallest absolute Gasteiger partial charge is 0.334 e. The first-order valence-electron chi connectivity index (χ1n) is 9.48. The first-order chi connectivity index (χ1) is 14.2. The fourth-order valence-corrected chi connectivity index (χ4v) is 3.57. The highest BCUT2D eigenvalue weighted by molar-refractivity contribution is 7.08. The Morgan fingerprint density at radius 2 is 1.67 bits per heavy atom. The first kappa shape index (κ1) is 23.4. The van der Waals surface area contributed by atoms with E-state index in [9.17, 15) is 24.6 Å². The predicted molar refractivity (Wildman–Crippen MR) is 113 cm³/mol. The molecule has 2 atom stereocenters. The molecular formula is C21H26N2O6S. The lowest BCUT2D eigenvalue weighted by Crippen LogP contribution is -2.52. The van der Waals surface area contributed by atoms with Crippen LogP contribution in [0.1, 0.15) is 19.4 Å². The van der Waals surface area contributed by atoms with Crippen LogP contribution in [0.4, 0.5) is 4.79 Å². The fraction of sp³-hybridized carbons (Fsp3) is 0.381. The van der Waals surface area contributed by atoms with Crippen molar-refractivity contribution in [1.82, 2.24) is 10.2 Å². The summed E-state index contributed by atoms with van der Waals surface area (Å²) in [6, 6.07) is 7.49. The van der Waals surface area contributed by atoms with Crippen LogP contribution < -0.4 is 5.32 Å². The maximum Gasteiger partial charge on any atom is 0.334 e. The van der Waals surface area contributed by atoms with Crippen molar-refractivity contribution in [1.29, 1.82) is 0 Å². The monoisotopic (exact) mass is 434 g/mol. The van der Waals surface area contributed by atoms with E-state index in [0.29, 0.717) is 0 Å². The molecule has 2 aromatic rings. The molecule has 4 N–H and O–H groups in total. The molecule has 0 aliphatic carbocycles. The molecule has 1 heterocycles. The highest BCUT2D eigenvalue weighted by Crippen LogP contribution is 2.22. The van der Waals surface area contributed by atoms with Crippen LogP contribution in [0.2, 0.25) is 0 Å². The largest absolute Gasteiger partial charge is 0.480 e. The molecule has 9 heteroatoms. The van der Waals surface area contributed by atoms with Crippen molar-refractivity contribution in [2.24, 2.45) is 5.92 Å². The molecule has 0 aliphatic heterocycles. The van der Waals surface area contributed by atoms with E-state index in [1.54, 1.807) is 11.3 Å². The number of nitrogens with zero attached hydrogens (tertiary/aromatic N) is 1. The van der Waals surface area contributed by atoms with Gasteiger partial charge in [-0.1, -0.05) is 38.1 Å². The third-order valence-electron chi connectivity index (χ3n) is 4.40. The van der Waals surface area contributed by atoms with Crippen LogP contribution in [0.15, 0.2) is 41.1 Å². The number of carboxylic acids is 2. The van der Waals surface area contributed by atoms with E-state index in [1.807, 2.05) is 54.9 Å². The van der Waals surface area contributed by atoms with Gasteiger partial charge in [-0.05, 0) is 39.4 Å². The fourth-order valence-electron chi connectivity index (χ4n) is 2.91. The molecule has 0 bridgehead atoms. The molecule has 2 amide bonds. The van der Waals surface area contributed by atoms with Gasteiger partial charge in [0.15, 0.2) is 6.10 Å². The lowest BCUT2D eigenvalue weighted by Gasteiger charge is -2.27. The summed E-state index contributed by atoms with van der Waals surface area (Å²) in [5.41, 5.74) is 2.83. The minimum Gasteiger partial charge on any atom is -0.480 e.